The normalized spacial score (nSPS) is 18.7. The van der Waals surface area contributed by atoms with Crippen LogP contribution in [0.2, 0.25) is 0 Å². The van der Waals surface area contributed by atoms with Crippen molar-refractivity contribution < 1.29 is 9.47 Å². The fraction of sp³-hybridized carbons (Fsp3) is 0.692. The van der Waals surface area contributed by atoms with Crippen LogP contribution in [0.1, 0.15) is 31.4 Å². The fourth-order valence-corrected chi connectivity index (χ4v) is 2.09. The second-order valence-corrected chi connectivity index (χ2v) is 4.57. The van der Waals surface area contributed by atoms with Gasteiger partial charge < -0.3 is 20.5 Å². The van der Waals surface area contributed by atoms with E-state index in [1.807, 2.05) is 13.0 Å². The zero-order valence-electron chi connectivity index (χ0n) is 11.4. The lowest BCUT2D eigenvalue weighted by Crippen LogP contribution is -2.11. The van der Waals surface area contributed by atoms with E-state index in [2.05, 4.69) is 15.3 Å². The molecular formula is C13H22N4O2. The van der Waals surface area contributed by atoms with E-state index in [0.29, 0.717) is 11.9 Å². The van der Waals surface area contributed by atoms with Gasteiger partial charge in [-0.3, -0.25) is 0 Å². The summed E-state index contributed by atoms with van der Waals surface area (Å²) in [6, 6.07) is 1.97. The molecule has 0 saturated carbocycles. The Morgan fingerprint density at radius 3 is 3.16 bits per heavy atom. The summed E-state index contributed by atoms with van der Waals surface area (Å²) in [5.74, 6) is 1.44. The van der Waals surface area contributed by atoms with E-state index in [4.69, 9.17) is 15.2 Å². The van der Waals surface area contributed by atoms with E-state index in [0.717, 1.165) is 57.3 Å². The molecule has 1 aliphatic rings. The lowest BCUT2D eigenvalue weighted by atomic mass is 10.0. The standard InChI is InChI=1S/C13H22N4O2/c1-2-18-6-3-5-15-12-8-11(16-13(14)17-12)10-4-7-19-9-10/h8,10H,2-7,9H2,1H3,(H3,14,15,16,17)/t10-/m0/s1. The molecule has 6 nitrogen and oxygen atoms in total. The number of nitrogen functional groups attached to an aromatic ring is 1. The smallest absolute Gasteiger partial charge is 0.222 e. The van der Waals surface area contributed by atoms with Gasteiger partial charge in [0.1, 0.15) is 5.82 Å². The molecule has 2 heterocycles. The number of nitrogens with two attached hydrogens (primary N) is 1. The van der Waals surface area contributed by atoms with E-state index < -0.39 is 0 Å². The quantitative estimate of drug-likeness (QED) is 0.726. The lowest BCUT2D eigenvalue weighted by molar-refractivity contribution is 0.147. The van der Waals surface area contributed by atoms with Crippen LogP contribution in [0.4, 0.5) is 11.8 Å². The maximum atomic E-state index is 5.75. The minimum atomic E-state index is 0.316. The molecule has 2 rings (SSSR count). The third-order valence-corrected chi connectivity index (χ3v) is 3.09. The number of anilines is 2. The molecule has 0 unspecified atom stereocenters. The van der Waals surface area contributed by atoms with Gasteiger partial charge in [-0.2, -0.15) is 4.98 Å². The van der Waals surface area contributed by atoms with Gasteiger partial charge in [0.05, 0.1) is 12.3 Å². The van der Waals surface area contributed by atoms with Gasteiger partial charge in [-0.15, -0.1) is 0 Å². The third-order valence-electron chi connectivity index (χ3n) is 3.09. The highest BCUT2D eigenvalue weighted by atomic mass is 16.5. The van der Waals surface area contributed by atoms with E-state index in [9.17, 15) is 0 Å². The maximum Gasteiger partial charge on any atom is 0.222 e. The van der Waals surface area contributed by atoms with Crippen LogP contribution < -0.4 is 11.1 Å². The zero-order chi connectivity index (χ0) is 13.5. The van der Waals surface area contributed by atoms with Crippen molar-refractivity contribution >= 4 is 11.8 Å². The summed E-state index contributed by atoms with van der Waals surface area (Å²) in [6.45, 7) is 5.84. The summed E-state index contributed by atoms with van der Waals surface area (Å²) >= 11 is 0. The van der Waals surface area contributed by atoms with Crippen molar-refractivity contribution in [1.82, 2.24) is 9.97 Å². The predicted octanol–water partition coefficient (Wildman–Crippen LogP) is 1.40. The molecule has 3 N–H and O–H groups in total. The Labute approximate surface area is 113 Å². The Bertz CT molecular complexity index is 394. The van der Waals surface area contributed by atoms with E-state index in [1.54, 1.807) is 0 Å². The van der Waals surface area contributed by atoms with Crippen LogP contribution in [-0.2, 0) is 9.47 Å². The molecule has 1 aromatic rings. The fourth-order valence-electron chi connectivity index (χ4n) is 2.09. The van der Waals surface area contributed by atoms with E-state index >= 15 is 0 Å². The van der Waals surface area contributed by atoms with Gasteiger partial charge in [-0.25, -0.2) is 4.98 Å². The Hall–Kier alpha value is -1.40. The zero-order valence-corrected chi connectivity index (χ0v) is 11.4. The van der Waals surface area contributed by atoms with Crippen LogP contribution in [0.3, 0.4) is 0 Å². The molecule has 1 aromatic heterocycles. The number of rotatable bonds is 7. The lowest BCUT2D eigenvalue weighted by Gasteiger charge is -2.11. The molecule has 19 heavy (non-hydrogen) atoms. The SMILES string of the molecule is CCOCCCNc1cc([C@H]2CCOC2)nc(N)n1. The molecule has 1 aliphatic heterocycles. The van der Waals surface area contributed by atoms with Crippen LogP contribution in [0.15, 0.2) is 6.07 Å². The molecule has 0 aliphatic carbocycles. The monoisotopic (exact) mass is 266 g/mol. The molecule has 0 aromatic carbocycles. The molecule has 0 amide bonds. The van der Waals surface area contributed by atoms with Crippen molar-refractivity contribution in [2.45, 2.75) is 25.7 Å². The first-order valence-corrected chi connectivity index (χ1v) is 6.83. The first-order valence-electron chi connectivity index (χ1n) is 6.83. The van der Waals surface area contributed by atoms with E-state index in [-0.39, 0.29) is 0 Å². The van der Waals surface area contributed by atoms with E-state index in [1.165, 1.54) is 0 Å². The number of hydrogen-bond donors (Lipinski definition) is 2. The van der Waals surface area contributed by atoms with Gasteiger partial charge in [0.2, 0.25) is 5.95 Å². The van der Waals surface area contributed by atoms with Gasteiger partial charge in [0.15, 0.2) is 0 Å². The van der Waals surface area contributed by atoms with Gasteiger partial charge in [-0.1, -0.05) is 0 Å². The predicted molar refractivity (Wildman–Crippen MR) is 74.2 cm³/mol. The van der Waals surface area contributed by atoms with Crippen LogP contribution in [0.25, 0.3) is 0 Å². The molecule has 6 heteroatoms. The highest BCUT2D eigenvalue weighted by Crippen LogP contribution is 2.25. The van der Waals surface area contributed by atoms with Crippen molar-refractivity contribution in [3.05, 3.63) is 11.8 Å². The Morgan fingerprint density at radius 2 is 2.42 bits per heavy atom. The largest absolute Gasteiger partial charge is 0.382 e. The van der Waals surface area contributed by atoms with Crippen LogP contribution in [-0.4, -0.2) is 42.9 Å². The summed E-state index contributed by atoms with van der Waals surface area (Å²) in [5.41, 5.74) is 6.72. The number of ether oxygens (including phenoxy) is 2. The van der Waals surface area contributed by atoms with Gasteiger partial charge >= 0.3 is 0 Å². The molecule has 1 saturated heterocycles. The van der Waals surface area contributed by atoms with Crippen molar-refractivity contribution in [2.24, 2.45) is 0 Å². The summed E-state index contributed by atoms with van der Waals surface area (Å²) < 4.78 is 10.7. The Kier molecular flexibility index (Phi) is 5.35. The molecule has 1 fully saturated rings. The average Bonchev–Trinajstić information content (AvgIpc) is 2.92. The second-order valence-electron chi connectivity index (χ2n) is 4.57. The molecule has 106 valence electrons. The maximum absolute atomic E-state index is 5.75. The molecule has 0 spiro atoms. The number of aromatic nitrogens is 2. The summed E-state index contributed by atoms with van der Waals surface area (Å²) in [4.78, 5) is 8.49. The average molecular weight is 266 g/mol. The van der Waals surface area contributed by atoms with Crippen molar-refractivity contribution in [3.8, 4) is 0 Å². The Balaban J connectivity index is 1.89. The first-order chi connectivity index (χ1) is 9.29. The van der Waals surface area contributed by atoms with Crippen LogP contribution >= 0.6 is 0 Å². The summed E-state index contributed by atoms with van der Waals surface area (Å²) in [6.07, 6.45) is 1.94. The minimum absolute atomic E-state index is 0.316. The topological polar surface area (TPSA) is 82.3 Å². The summed E-state index contributed by atoms with van der Waals surface area (Å²) in [5, 5.41) is 3.26. The van der Waals surface area contributed by atoms with Gasteiger partial charge in [0, 0.05) is 38.3 Å². The van der Waals surface area contributed by atoms with Crippen LogP contribution in [0.5, 0.6) is 0 Å². The van der Waals surface area contributed by atoms with Gasteiger partial charge in [-0.05, 0) is 19.8 Å². The number of hydrogen-bond acceptors (Lipinski definition) is 6. The number of nitrogens with one attached hydrogen (secondary N) is 1. The molecule has 1 atom stereocenters. The minimum Gasteiger partial charge on any atom is -0.382 e. The third kappa shape index (κ3) is 4.33. The second kappa shape index (κ2) is 7.25. The van der Waals surface area contributed by atoms with Crippen molar-refractivity contribution in [2.75, 3.05) is 44.0 Å². The summed E-state index contributed by atoms with van der Waals surface area (Å²) in [7, 11) is 0. The van der Waals surface area contributed by atoms with Crippen LogP contribution in [0, 0.1) is 0 Å². The Morgan fingerprint density at radius 1 is 1.53 bits per heavy atom. The van der Waals surface area contributed by atoms with Crippen molar-refractivity contribution in [3.63, 3.8) is 0 Å². The highest BCUT2D eigenvalue weighted by Gasteiger charge is 2.20. The number of nitrogens with zero attached hydrogens (tertiary/aromatic N) is 2. The van der Waals surface area contributed by atoms with Gasteiger partial charge in [0.25, 0.3) is 0 Å². The first kappa shape index (κ1) is 14.0. The molecule has 0 radical (unpaired) electrons. The molecular weight excluding hydrogens is 244 g/mol. The molecule has 0 bridgehead atoms. The van der Waals surface area contributed by atoms with Crippen molar-refractivity contribution in [1.29, 1.82) is 0 Å². The highest BCUT2D eigenvalue weighted by molar-refractivity contribution is 5.41.